The smallest absolute Gasteiger partial charge is 0.449 e. The zero-order valence-corrected chi connectivity index (χ0v) is 14.3. The van der Waals surface area contributed by atoms with Crippen LogP contribution in [-0.2, 0) is 82.6 Å². The van der Waals surface area contributed by atoms with Crippen molar-refractivity contribution in [3.05, 3.63) is 0 Å². The first-order valence-electron chi connectivity index (χ1n) is 1.88. The first kappa shape index (κ1) is 29.3. The quantitative estimate of drug-likeness (QED) is 0.341. The number of carboxylic acid groups (broad SMARTS) is 2. The van der Waals surface area contributed by atoms with Crippen molar-refractivity contribution in [1.82, 2.24) is 0 Å². The molecule has 0 atom stereocenters. The van der Waals surface area contributed by atoms with Gasteiger partial charge in [0, 0.05) is 73.1 Å². The molecule has 0 aromatic carbocycles. The molecule has 0 aromatic heterocycles. The van der Waals surface area contributed by atoms with E-state index in [2.05, 4.69) is 9.47 Å². The molecule has 2 N–H and O–H groups in total. The van der Waals surface area contributed by atoms with Gasteiger partial charge >= 0.3 is 18.5 Å². The van der Waals surface area contributed by atoms with Gasteiger partial charge in [0.25, 0.3) is 0 Å². The standard InChI is InChI=1S/C3H2O7.2Cu.2Zn/c4-1(5)9-3(8)10-2(6)7;;;;/h(H,4,5)(H,6,7);;;;. The minimum atomic E-state index is -1.92. The summed E-state index contributed by atoms with van der Waals surface area (Å²) in [5, 5.41) is 15.4. The van der Waals surface area contributed by atoms with Crippen molar-refractivity contribution in [2.75, 3.05) is 0 Å². The number of hydrogen-bond acceptors (Lipinski definition) is 5. The molecule has 0 unspecified atom stereocenters. The average molecular weight is 408 g/mol. The molecule has 2 radical (unpaired) electrons. The van der Waals surface area contributed by atoms with Gasteiger partial charge in [-0.25, -0.2) is 14.4 Å². The SMILES string of the molecule is O=C(O)OC(=O)OC(=O)O.[Cu].[Cu].[Zn].[Zn]. The minimum Gasteiger partial charge on any atom is -0.449 e. The maximum absolute atomic E-state index is 9.86. The van der Waals surface area contributed by atoms with Crippen LogP contribution in [0.3, 0.4) is 0 Å². The third kappa shape index (κ3) is 22.9. The predicted octanol–water partition coefficient (Wildman–Crippen LogP) is 0.486. The average Bonchev–Trinajstić information content (AvgIpc) is 1.58. The van der Waals surface area contributed by atoms with Gasteiger partial charge in [0.15, 0.2) is 0 Å². The summed E-state index contributed by atoms with van der Waals surface area (Å²) < 4.78 is 6.47. The van der Waals surface area contributed by atoms with Gasteiger partial charge in [-0.3, -0.25) is 0 Å². The normalized spacial score (nSPS) is 5.71. The maximum Gasteiger partial charge on any atom is 0.528 e. The molecule has 0 fully saturated rings. The van der Waals surface area contributed by atoms with Crippen molar-refractivity contribution in [3.8, 4) is 0 Å². The van der Waals surface area contributed by atoms with Gasteiger partial charge < -0.3 is 19.7 Å². The van der Waals surface area contributed by atoms with Crippen LogP contribution in [0.1, 0.15) is 0 Å². The third-order valence-electron chi connectivity index (χ3n) is 0.341. The Kier molecular flexibility index (Phi) is 33.3. The minimum absolute atomic E-state index is 0. The van der Waals surface area contributed by atoms with Crippen LogP contribution in [-0.4, -0.2) is 28.7 Å². The largest absolute Gasteiger partial charge is 0.528 e. The number of hydrogen-bond donors (Lipinski definition) is 2. The molecule has 0 saturated carbocycles. The van der Waals surface area contributed by atoms with Gasteiger partial charge in [-0.05, 0) is 0 Å². The Morgan fingerprint density at radius 1 is 0.786 bits per heavy atom. The van der Waals surface area contributed by atoms with Crippen LogP contribution in [0.2, 0.25) is 0 Å². The van der Waals surface area contributed by atoms with Gasteiger partial charge in [0.1, 0.15) is 0 Å². The van der Waals surface area contributed by atoms with Crippen molar-refractivity contribution in [2.45, 2.75) is 0 Å². The maximum atomic E-state index is 9.86. The number of carbonyl (C=O) groups excluding carboxylic acids is 1. The second kappa shape index (κ2) is 15.9. The van der Waals surface area contributed by atoms with E-state index in [0.717, 1.165) is 0 Å². The fourth-order valence-corrected chi connectivity index (χ4v) is 0.163. The monoisotopic (exact) mass is 404 g/mol. The zero-order chi connectivity index (χ0) is 8.15. The fraction of sp³-hybridized carbons (Fsp3) is 0. The van der Waals surface area contributed by atoms with E-state index in [1.807, 2.05) is 0 Å². The van der Waals surface area contributed by atoms with E-state index in [-0.39, 0.29) is 73.1 Å². The van der Waals surface area contributed by atoms with Gasteiger partial charge in [-0.15, -0.1) is 0 Å². The molecule has 0 aliphatic heterocycles. The summed E-state index contributed by atoms with van der Waals surface area (Å²) in [6, 6.07) is 0. The molecule has 0 aromatic rings. The summed E-state index contributed by atoms with van der Waals surface area (Å²) in [5.41, 5.74) is 0. The molecule has 82 valence electrons. The Morgan fingerprint density at radius 2 is 1.00 bits per heavy atom. The summed E-state index contributed by atoms with van der Waals surface area (Å²) in [5.74, 6) is 0. The molecule has 0 spiro atoms. The summed E-state index contributed by atoms with van der Waals surface area (Å²) in [4.78, 5) is 28.8. The summed E-state index contributed by atoms with van der Waals surface area (Å²) >= 11 is 0. The number of rotatable bonds is 0. The third-order valence-corrected chi connectivity index (χ3v) is 0.341. The van der Waals surface area contributed by atoms with Crippen molar-refractivity contribution >= 4 is 18.5 Å². The van der Waals surface area contributed by atoms with Crippen LogP contribution in [0.15, 0.2) is 0 Å². The topological polar surface area (TPSA) is 110 Å². The zero-order valence-electron chi connectivity index (χ0n) is 6.45. The van der Waals surface area contributed by atoms with Crippen LogP contribution < -0.4 is 0 Å². The predicted molar refractivity (Wildman–Crippen MR) is 23.6 cm³/mol. The molecule has 0 heterocycles. The van der Waals surface area contributed by atoms with Gasteiger partial charge in [-0.1, -0.05) is 0 Å². The van der Waals surface area contributed by atoms with Crippen molar-refractivity contribution in [2.24, 2.45) is 0 Å². The van der Waals surface area contributed by atoms with E-state index < -0.39 is 18.5 Å². The van der Waals surface area contributed by atoms with Crippen LogP contribution in [0, 0.1) is 0 Å². The van der Waals surface area contributed by atoms with Gasteiger partial charge in [0.2, 0.25) is 0 Å². The number of carbonyl (C=O) groups is 3. The fourth-order valence-electron chi connectivity index (χ4n) is 0.163. The van der Waals surface area contributed by atoms with E-state index in [4.69, 9.17) is 10.2 Å². The molecule has 0 aliphatic rings. The van der Waals surface area contributed by atoms with Gasteiger partial charge in [0.05, 0.1) is 0 Å². The first-order chi connectivity index (χ1) is 4.52. The van der Waals surface area contributed by atoms with Crippen molar-refractivity contribution in [1.29, 1.82) is 0 Å². The summed E-state index contributed by atoms with van der Waals surface area (Å²) in [6.07, 6.45) is -5.64. The Bertz CT molecular complexity index is 168. The van der Waals surface area contributed by atoms with E-state index >= 15 is 0 Å². The van der Waals surface area contributed by atoms with Crippen LogP contribution in [0.4, 0.5) is 14.4 Å². The van der Waals surface area contributed by atoms with E-state index in [1.54, 1.807) is 0 Å². The Hall–Kier alpha value is 0.496. The Morgan fingerprint density at radius 3 is 1.14 bits per heavy atom. The summed E-state index contributed by atoms with van der Waals surface area (Å²) in [6.45, 7) is 0. The molecule has 7 nitrogen and oxygen atoms in total. The van der Waals surface area contributed by atoms with Gasteiger partial charge in [-0.2, -0.15) is 0 Å². The molecular weight excluding hydrogens is 406 g/mol. The second-order valence-corrected chi connectivity index (χ2v) is 0.986. The molecule has 0 amide bonds. The Labute approximate surface area is 125 Å². The van der Waals surface area contributed by atoms with E-state index in [9.17, 15) is 14.4 Å². The van der Waals surface area contributed by atoms with Crippen LogP contribution in [0.25, 0.3) is 0 Å². The van der Waals surface area contributed by atoms with Crippen LogP contribution in [0.5, 0.6) is 0 Å². The Balaban J connectivity index is -0.0000000675. The molecule has 0 aliphatic carbocycles. The molecule has 11 heteroatoms. The van der Waals surface area contributed by atoms with Crippen molar-refractivity contribution < 1.29 is 107 Å². The summed E-state index contributed by atoms with van der Waals surface area (Å²) in [7, 11) is 0. The molecule has 0 rings (SSSR count). The van der Waals surface area contributed by atoms with Crippen molar-refractivity contribution in [3.63, 3.8) is 0 Å². The molecule has 14 heavy (non-hydrogen) atoms. The van der Waals surface area contributed by atoms with E-state index in [1.165, 1.54) is 0 Å². The molecular formula is C3H2Cu2O7Zn2. The first-order valence-corrected chi connectivity index (χ1v) is 1.88. The number of ether oxygens (including phenoxy) is 2. The van der Waals surface area contributed by atoms with Crippen LogP contribution >= 0.6 is 0 Å². The second-order valence-electron chi connectivity index (χ2n) is 0.986. The molecule has 0 saturated heterocycles. The molecule has 0 bridgehead atoms. The van der Waals surface area contributed by atoms with E-state index in [0.29, 0.717) is 0 Å².